The molecule has 1 heterocycles. The summed E-state index contributed by atoms with van der Waals surface area (Å²) in [5.41, 5.74) is 6.62. The third-order valence-electron chi connectivity index (χ3n) is 4.93. The molecule has 4 rings (SSSR count). The fourth-order valence-corrected chi connectivity index (χ4v) is 3.68. The van der Waals surface area contributed by atoms with Crippen LogP contribution >= 0.6 is 0 Å². The number of allylic oxidation sites excluding steroid dienone is 3. The number of hydrogen-bond acceptors (Lipinski definition) is 2. The summed E-state index contributed by atoms with van der Waals surface area (Å²) >= 11 is 0. The highest BCUT2D eigenvalue weighted by Gasteiger charge is 2.33. The molecule has 2 fully saturated rings. The fraction of sp³-hybridized carbons (Fsp3) is 0.450. The second kappa shape index (κ2) is 5.55. The number of benzene rings is 1. The molecule has 2 aromatic rings. The summed E-state index contributed by atoms with van der Waals surface area (Å²) in [7, 11) is 1.96. The molecule has 0 unspecified atom stereocenters. The van der Waals surface area contributed by atoms with E-state index in [1.807, 2.05) is 7.05 Å². The van der Waals surface area contributed by atoms with Crippen molar-refractivity contribution in [3.05, 3.63) is 47.4 Å². The molecule has 23 heavy (non-hydrogen) atoms. The zero-order chi connectivity index (χ0) is 16.0. The predicted octanol–water partition coefficient (Wildman–Crippen LogP) is 4.69. The van der Waals surface area contributed by atoms with Crippen LogP contribution in [0.1, 0.15) is 61.5 Å². The third-order valence-corrected chi connectivity index (χ3v) is 4.93. The lowest BCUT2D eigenvalue weighted by molar-refractivity contribution is 0.734. The van der Waals surface area contributed by atoms with Crippen LogP contribution in [0.15, 0.2) is 30.5 Å². The highest BCUT2D eigenvalue weighted by molar-refractivity contribution is 5.89. The van der Waals surface area contributed by atoms with E-state index < -0.39 is 0 Å². The van der Waals surface area contributed by atoms with E-state index in [-0.39, 0.29) is 0 Å². The minimum absolute atomic E-state index is 0.681. The van der Waals surface area contributed by atoms with Gasteiger partial charge in [0.25, 0.3) is 0 Å². The zero-order valence-corrected chi connectivity index (χ0v) is 14.3. The predicted molar refractivity (Wildman–Crippen MR) is 96.6 cm³/mol. The van der Waals surface area contributed by atoms with Crippen molar-refractivity contribution in [1.82, 2.24) is 14.9 Å². The van der Waals surface area contributed by atoms with Crippen LogP contribution in [0.2, 0.25) is 0 Å². The highest BCUT2D eigenvalue weighted by Crippen LogP contribution is 2.48. The molecule has 0 radical (unpaired) electrons. The molecule has 0 atom stereocenters. The molecule has 0 amide bonds. The lowest BCUT2D eigenvalue weighted by Crippen LogP contribution is -1.99. The quantitative estimate of drug-likeness (QED) is 0.812. The second-order valence-electron chi connectivity index (χ2n) is 6.82. The maximum Gasteiger partial charge on any atom is 0.106 e. The molecule has 1 N–H and O–H groups in total. The van der Waals surface area contributed by atoms with Gasteiger partial charge in [-0.3, -0.25) is 0 Å². The summed E-state index contributed by atoms with van der Waals surface area (Å²) in [6, 6.07) is 5.27. The first-order valence-corrected chi connectivity index (χ1v) is 8.76. The van der Waals surface area contributed by atoms with E-state index in [1.165, 1.54) is 59.2 Å². The summed E-state index contributed by atoms with van der Waals surface area (Å²) in [6.07, 6.45) is 11.6. The molecule has 0 bridgehead atoms. The number of hydrogen-bond donors (Lipinski definition) is 1. The topological polar surface area (TPSA) is 29.9 Å². The summed E-state index contributed by atoms with van der Waals surface area (Å²) in [5, 5.41) is 3.19. The fourth-order valence-electron chi connectivity index (χ4n) is 3.68. The van der Waals surface area contributed by atoms with E-state index in [0.29, 0.717) is 12.0 Å². The van der Waals surface area contributed by atoms with Gasteiger partial charge in [0.15, 0.2) is 0 Å². The normalized spacial score (nSPS) is 19.0. The molecule has 3 nitrogen and oxygen atoms in total. The van der Waals surface area contributed by atoms with Gasteiger partial charge in [-0.15, -0.1) is 0 Å². The van der Waals surface area contributed by atoms with E-state index in [1.54, 1.807) is 0 Å². The highest BCUT2D eigenvalue weighted by atomic mass is 15.1. The minimum Gasteiger partial charge on any atom is -0.393 e. The number of imidazole rings is 1. The Labute approximate surface area is 138 Å². The van der Waals surface area contributed by atoms with Gasteiger partial charge in [0, 0.05) is 19.3 Å². The molecule has 2 aliphatic rings. The average Bonchev–Trinajstić information content (AvgIpc) is 3.43. The largest absolute Gasteiger partial charge is 0.393 e. The Balaban J connectivity index is 1.95. The van der Waals surface area contributed by atoms with Gasteiger partial charge in [-0.05, 0) is 68.2 Å². The van der Waals surface area contributed by atoms with Crippen molar-refractivity contribution in [2.75, 3.05) is 7.05 Å². The maximum atomic E-state index is 4.99. The van der Waals surface area contributed by atoms with Crippen molar-refractivity contribution in [2.24, 2.45) is 0 Å². The first kappa shape index (κ1) is 14.6. The van der Waals surface area contributed by atoms with Gasteiger partial charge in [-0.2, -0.15) is 0 Å². The first-order chi connectivity index (χ1) is 11.2. The zero-order valence-electron chi connectivity index (χ0n) is 14.3. The van der Waals surface area contributed by atoms with E-state index in [0.717, 1.165) is 0 Å². The monoisotopic (exact) mass is 307 g/mol. The molecule has 0 spiro atoms. The molecule has 2 saturated carbocycles. The Morgan fingerprint density at radius 1 is 1.26 bits per heavy atom. The van der Waals surface area contributed by atoms with E-state index in [2.05, 4.69) is 54.2 Å². The molecule has 2 aliphatic carbocycles. The van der Waals surface area contributed by atoms with Crippen molar-refractivity contribution in [3.8, 4) is 0 Å². The Bertz CT molecular complexity index is 802. The van der Waals surface area contributed by atoms with Crippen molar-refractivity contribution >= 4 is 16.6 Å². The number of fused-ring (bicyclic) bond motifs is 1. The van der Waals surface area contributed by atoms with Gasteiger partial charge >= 0.3 is 0 Å². The van der Waals surface area contributed by atoms with Crippen LogP contribution in [-0.2, 0) is 0 Å². The summed E-state index contributed by atoms with van der Waals surface area (Å²) in [4.78, 5) is 4.99. The average molecular weight is 307 g/mol. The van der Waals surface area contributed by atoms with E-state index in [4.69, 9.17) is 4.98 Å². The SMILES string of the molecule is C/C=C\C(=C/NC)c1ccc2c(nc(C)n2C2CC2)c1C1CC1. The van der Waals surface area contributed by atoms with Crippen LogP contribution < -0.4 is 5.32 Å². The smallest absolute Gasteiger partial charge is 0.106 e. The third kappa shape index (κ3) is 2.48. The van der Waals surface area contributed by atoms with Crippen LogP contribution in [0.5, 0.6) is 0 Å². The molecule has 3 heteroatoms. The molecule has 1 aromatic heterocycles. The molecular weight excluding hydrogens is 282 g/mol. The van der Waals surface area contributed by atoms with Gasteiger partial charge in [0.05, 0.1) is 11.0 Å². The van der Waals surface area contributed by atoms with Gasteiger partial charge < -0.3 is 9.88 Å². The van der Waals surface area contributed by atoms with Crippen LogP contribution in [-0.4, -0.2) is 16.6 Å². The lowest BCUT2D eigenvalue weighted by atomic mass is 9.95. The number of nitrogens with one attached hydrogen (secondary N) is 1. The van der Waals surface area contributed by atoms with E-state index >= 15 is 0 Å². The molecular formula is C20H25N3. The van der Waals surface area contributed by atoms with Crippen molar-refractivity contribution in [1.29, 1.82) is 0 Å². The lowest BCUT2D eigenvalue weighted by Gasteiger charge is -2.12. The summed E-state index contributed by atoms with van der Waals surface area (Å²) < 4.78 is 2.46. The van der Waals surface area contributed by atoms with Gasteiger partial charge in [-0.1, -0.05) is 18.2 Å². The van der Waals surface area contributed by atoms with Crippen molar-refractivity contribution in [2.45, 2.75) is 51.5 Å². The number of aromatic nitrogens is 2. The van der Waals surface area contributed by atoms with Crippen molar-refractivity contribution in [3.63, 3.8) is 0 Å². The minimum atomic E-state index is 0.681. The van der Waals surface area contributed by atoms with Crippen LogP contribution in [0.3, 0.4) is 0 Å². The first-order valence-electron chi connectivity index (χ1n) is 8.76. The van der Waals surface area contributed by atoms with Gasteiger partial charge in [0.1, 0.15) is 5.82 Å². The second-order valence-corrected chi connectivity index (χ2v) is 6.82. The van der Waals surface area contributed by atoms with Gasteiger partial charge in [-0.25, -0.2) is 4.98 Å². The van der Waals surface area contributed by atoms with Crippen LogP contribution in [0.25, 0.3) is 16.6 Å². The Hall–Kier alpha value is -2.03. The molecule has 1 aromatic carbocycles. The summed E-state index contributed by atoms with van der Waals surface area (Å²) in [6.45, 7) is 4.23. The van der Waals surface area contributed by atoms with Crippen LogP contribution in [0.4, 0.5) is 0 Å². The van der Waals surface area contributed by atoms with Crippen molar-refractivity contribution < 1.29 is 0 Å². The van der Waals surface area contributed by atoms with Gasteiger partial charge in [0.2, 0.25) is 0 Å². The Morgan fingerprint density at radius 2 is 2.04 bits per heavy atom. The molecule has 0 aliphatic heterocycles. The van der Waals surface area contributed by atoms with E-state index in [9.17, 15) is 0 Å². The molecule has 120 valence electrons. The summed E-state index contributed by atoms with van der Waals surface area (Å²) in [5.74, 6) is 1.85. The Kier molecular flexibility index (Phi) is 3.51. The number of nitrogens with zero attached hydrogens (tertiary/aromatic N) is 2. The number of aryl methyl sites for hydroxylation is 1. The van der Waals surface area contributed by atoms with Crippen LogP contribution in [0, 0.1) is 6.92 Å². The standard InChI is InChI=1S/C20H25N3/c1-4-5-15(12-21-3)17-10-11-18-20(19(17)14-6-7-14)22-13(2)23(18)16-8-9-16/h4-5,10-12,14,16,21H,6-9H2,1-3H3/b5-4-,15-12+. The Morgan fingerprint density at radius 3 is 2.65 bits per heavy atom. The maximum absolute atomic E-state index is 4.99. The number of rotatable bonds is 5. The molecule has 0 saturated heterocycles.